The van der Waals surface area contributed by atoms with Crippen molar-refractivity contribution in [2.24, 2.45) is 7.05 Å². The maximum Gasteiger partial charge on any atom is 0.166 e. The van der Waals surface area contributed by atoms with E-state index in [1.54, 1.807) is 35.9 Å². The van der Waals surface area contributed by atoms with Crippen LogP contribution < -0.4 is 5.73 Å². The van der Waals surface area contributed by atoms with Gasteiger partial charge in [0.1, 0.15) is 11.6 Å². The minimum absolute atomic E-state index is 0.253. The third-order valence-corrected chi connectivity index (χ3v) is 4.61. The van der Waals surface area contributed by atoms with Gasteiger partial charge in [0.05, 0.1) is 5.60 Å². The zero-order valence-electron chi connectivity index (χ0n) is 13.8. The number of nitrogens with zero attached hydrogens (tertiary/aromatic N) is 4. The molecule has 25 heavy (non-hydrogen) atoms. The summed E-state index contributed by atoms with van der Waals surface area (Å²) in [5, 5.41) is 10.2. The fourth-order valence-electron chi connectivity index (χ4n) is 3.00. The molecule has 0 spiro atoms. The lowest BCUT2D eigenvalue weighted by molar-refractivity contribution is 0.0150. The molecule has 7 heteroatoms. The summed E-state index contributed by atoms with van der Waals surface area (Å²) in [6, 6.07) is 6.21. The summed E-state index contributed by atoms with van der Waals surface area (Å²) in [5.41, 5.74) is 6.95. The monoisotopic (exact) mass is 339 g/mol. The second-order valence-electron chi connectivity index (χ2n) is 6.43. The quantitative estimate of drug-likeness (QED) is 0.766. The molecule has 0 atom stereocenters. The number of anilines is 1. The lowest BCUT2D eigenvalue weighted by Crippen LogP contribution is -2.33. The van der Waals surface area contributed by atoms with Crippen molar-refractivity contribution in [1.29, 1.82) is 0 Å². The predicted molar refractivity (Wildman–Crippen MR) is 93.9 cm³/mol. The van der Waals surface area contributed by atoms with E-state index in [1.165, 1.54) is 12.1 Å². The highest BCUT2D eigenvalue weighted by atomic mass is 19.1. The number of benzene rings is 1. The van der Waals surface area contributed by atoms with Gasteiger partial charge in [-0.1, -0.05) is 12.1 Å². The Morgan fingerprint density at radius 3 is 2.76 bits per heavy atom. The third kappa shape index (κ3) is 2.76. The largest absolute Gasteiger partial charge is 0.386 e. The van der Waals surface area contributed by atoms with E-state index >= 15 is 0 Å². The molecule has 3 aromatic rings. The Labute approximate surface area is 143 Å². The van der Waals surface area contributed by atoms with Crippen molar-refractivity contribution in [1.82, 2.24) is 19.5 Å². The lowest BCUT2D eigenvalue weighted by atomic mass is 9.80. The minimum Gasteiger partial charge on any atom is -0.386 e. The zero-order valence-corrected chi connectivity index (χ0v) is 13.8. The van der Waals surface area contributed by atoms with Gasteiger partial charge >= 0.3 is 0 Å². The van der Waals surface area contributed by atoms with Crippen LogP contribution in [-0.4, -0.2) is 30.2 Å². The Hall–Kier alpha value is -2.80. The van der Waals surface area contributed by atoms with Crippen LogP contribution in [0.3, 0.4) is 0 Å². The molecule has 1 saturated carbocycles. The SMILES string of the molecule is Cn1c(-c2cccc(F)c2)nc2c(N)nc(C=CC3(O)CCC3)nc21. The first-order valence-corrected chi connectivity index (χ1v) is 8.13. The highest BCUT2D eigenvalue weighted by molar-refractivity contribution is 5.86. The molecule has 0 amide bonds. The van der Waals surface area contributed by atoms with Crippen LogP contribution in [0.5, 0.6) is 0 Å². The number of fused-ring (bicyclic) bond motifs is 1. The van der Waals surface area contributed by atoms with Gasteiger partial charge in [0, 0.05) is 12.6 Å². The van der Waals surface area contributed by atoms with Gasteiger partial charge in [0.2, 0.25) is 0 Å². The maximum atomic E-state index is 13.5. The van der Waals surface area contributed by atoms with Gasteiger partial charge in [0.25, 0.3) is 0 Å². The molecule has 1 fully saturated rings. The van der Waals surface area contributed by atoms with Crippen LogP contribution in [0.15, 0.2) is 30.3 Å². The van der Waals surface area contributed by atoms with Crippen molar-refractivity contribution < 1.29 is 9.50 Å². The Morgan fingerprint density at radius 1 is 1.28 bits per heavy atom. The van der Waals surface area contributed by atoms with Crippen molar-refractivity contribution in [2.75, 3.05) is 5.73 Å². The Morgan fingerprint density at radius 2 is 2.08 bits per heavy atom. The molecule has 128 valence electrons. The molecule has 1 aliphatic carbocycles. The molecule has 0 saturated heterocycles. The summed E-state index contributed by atoms with van der Waals surface area (Å²) in [6.45, 7) is 0. The topological polar surface area (TPSA) is 89.9 Å². The van der Waals surface area contributed by atoms with Crippen molar-refractivity contribution >= 4 is 23.1 Å². The molecule has 1 aromatic carbocycles. The van der Waals surface area contributed by atoms with Crippen molar-refractivity contribution in [3.8, 4) is 11.4 Å². The van der Waals surface area contributed by atoms with Gasteiger partial charge in [-0.3, -0.25) is 0 Å². The van der Waals surface area contributed by atoms with Gasteiger partial charge in [0.15, 0.2) is 22.8 Å². The average molecular weight is 339 g/mol. The number of nitrogen functional groups attached to an aromatic ring is 1. The highest BCUT2D eigenvalue weighted by Gasteiger charge is 2.31. The fourth-order valence-corrected chi connectivity index (χ4v) is 3.00. The summed E-state index contributed by atoms with van der Waals surface area (Å²) in [5.74, 6) is 0.901. The van der Waals surface area contributed by atoms with Gasteiger partial charge in [-0.25, -0.2) is 19.3 Å². The Kier molecular flexibility index (Phi) is 3.54. The summed E-state index contributed by atoms with van der Waals surface area (Å²) in [7, 11) is 1.80. The van der Waals surface area contributed by atoms with E-state index in [0.29, 0.717) is 28.4 Å². The fraction of sp³-hybridized carbons (Fsp3) is 0.278. The van der Waals surface area contributed by atoms with Gasteiger partial charge in [-0.2, -0.15) is 0 Å². The van der Waals surface area contributed by atoms with Crippen LogP contribution in [0.1, 0.15) is 25.1 Å². The average Bonchev–Trinajstić information content (AvgIpc) is 2.89. The van der Waals surface area contributed by atoms with E-state index in [2.05, 4.69) is 15.0 Å². The summed E-state index contributed by atoms with van der Waals surface area (Å²) < 4.78 is 15.3. The van der Waals surface area contributed by atoms with Crippen LogP contribution >= 0.6 is 0 Å². The molecule has 6 nitrogen and oxygen atoms in total. The van der Waals surface area contributed by atoms with E-state index in [0.717, 1.165) is 19.3 Å². The van der Waals surface area contributed by atoms with E-state index in [1.807, 2.05) is 0 Å². The summed E-state index contributed by atoms with van der Waals surface area (Å²) in [6.07, 6.45) is 5.92. The number of rotatable bonds is 3. The van der Waals surface area contributed by atoms with Crippen LogP contribution in [0.25, 0.3) is 28.6 Å². The number of imidazole rings is 1. The number of aryl methyl sites for hydroxylation is 1. The number of nitrogens with two attached hydrogens (primary N) is 1. The predicted octanol–water partition coefficient (Wildman–Crippen LogP) is 2.68. The van der Waals surface area contributed by atoms with Gasteiger partial charge < -0.3 is 15.4 Å². The molecule has 4 rings (SSSR count). The highest BCUT2D eigenvalue weighted by Crippen LogP contribution is 2.33. The van der Waals surface area contributed by atoms with Crippen LogP contribution in [0.4, 0.5) is 10.2 Å². The standard InChI is InChI=1S/C18H18FN5O/c1-24-16(11-4-2-5-12(19)10-11)23-14-15(20)21-13(22-17(14)24)6-9-18(25)7-3-8-18/h2,4-6,9-10,25H,3,7-8H2,1H3,(H2,20,21,22). The smallest absolute Gasteiger partial charge is 0.166 e. The number of hydrogen-bond donors (Lipinski definition) is 2. The van der Waals surface area contributed by atoms with E-state index in [4.69, 9.17) is 5.73 Å². The van der Waals surface area contributed by atoms with Crippen molar-refractivity contribution in [3.05, 3.63) is 42.0 Å². The number of hydrogen-bond acceptors (Lipinski definition) is 5. The molecule has 1 aliphatic rings. The van der Waals surface area contributed by atoms with Crippen LogP contribution in [-0.2, 0) is 7.05 Å². The first-order valence-electron chi connectivity index (χ1n) is 8.13. The van der Waals surface area contributed by atoms with Crippen LogP contribution in [0, 0.1) is 5.82 Å². The molecule has 2 heterocycles. The molecular formula is C18H18FN5O. The van der Waals surface area contributed by atoms with E-state index in [-0.39, 0.29) is 11.6 Å². The Bertz CT molecular complexity index is 991. The summed E-state index contributed by atoms with van der Waals surface area (Å²) in [4.78, 5) is 13.2. The Balaban J connectivity index is 1.79. The van der Waals surface area contributed by atoms with E-state index in [9.17, 15) is 9.50 Å². The molecule has 0 bridgehead atoms. The molecule has 2 aromatic heterocycles. The molecule has 0 radical (unpaired) electrons. The third-order valence-electron chi connectivity index (χ3n) is 4.61. The van der Waals surface area contributed by atoms with Gasteiger partial charge in [-0.15, -0.1) is 0 Å². The second kappa shape index (κ2) is 5.63. The van der Waals surface area contributed by atoms with Gasteiger partial charge in [-0.05, 0) is 43.5 Å². The minimum atomic E-state index is -0.758. The van der Waals surface area contributed by atoms with Crippen molar-refractivity contribution in [2.45, 2.75) is 24.9 Å². The number of aliphatic hydroxyl groups is 1. The van der Waals surface area contributed by atoms with Crippen molar-refractivity contribution in [3.63, 3.8) is 0 Å². The normalized spacial score (nSPS) is 16.4. The number of aromatic nitrogens is 4. The maximum absolute atomic E-state index is 13.5. The molecular weight excluding hydrogens is 321 g/mol. The number of halogens is 1. The summed E-state index contributed by atoms with van der Waals surface area (Å²) >= 11 is 0. The van der Waals surface area contributed by atoms with Crippen LogP contribution in [0.2, 0.25) is 0 Å². The van der Waals surface area contributed by atoms with E-state index < -0.39 is 5.60 Å². The molecule has 0 unspecified atom stereocenters. The molecule has 3 N–H and O–H groups in total. The second-order valence-corrected chi connectivity index (χ2v) is 6.43. The first-order chi connectivity index (χ1) is 12.0. The lowest BCUT2D eigenvalue weighted by Gasteiger charge is -2.33. The zero-order chi connectivity index (χ0) is 17.6. The molecule has 0 aliphatic heterocycles. The first kappa shape index (κ1) is 15.7.